The van der Waals surface area contributed by atoms with Crippen molar-refractivity contribution in [2.24, 2.45) is 0 Å². The first-order valence-corrected chi connectivity index (χ1v) is 11.0. The molecule has 0 unspecified atom stereocenters. The molecule has 9 nitrogen and oxygen atoms in total. The third-order valence-corrected chi connectivity index (χ3v) is 6.09. The number of rotatable bonds is 6. The second kappa shape index (κ2) is 8.07. The van der Waals surface area contributed by atoms with E-state index < -0.39 is 0 Å². The summed E-state index contributed by atoms with van der Waals surface area (Å²) in [6.07, 6.45) is 7.55. The average molecular weight is 459 g/mol. The zero-order valence-corrected chi connectivity index (χ0v) is 18.9. The first-order chi connectivity index (χ1) is 16.6. The number of hydrogen-bond donors (Lipinski definition) is 1. The Morgan fingerprint density at radius 1 is 1.12 bits per heavy atom. The topological polar surface area (TPSA) is 84.9 Å². The van der Waals surface area contributed by atoms with Gasteiger partial charge in [-0.05, 0) is 38.4 Å². The van der Waals surface area contributed by atoms with Gasteiger partial charge in [0, 0.05) is 48.0 Å². The van der Waals surface area contributed by atoms with Gasteiger partial charge in [0.05, 0.1) is 24.0 Å². The summed E-state index contributed by atoms with van der Waals surface area (Å²) in [7, 11) is 4.04. The SMILES string of the molecule is CN(C)Cc1ccc(-c2cnc(NCc3c(F)ccc4c3CCO4)n3cncc23)c2ncnn12. The molecule has 0 fully saturated rings. The number of benzene rings is 1. The van der Waals surface area contributed by atoms with Crippen molar-refractivity contribution >= 4 is 17.1 Å². The van der Waals surface area contributed by atoms with Crippen molar-refractivity contribution in [3.8, 4) is 16.9 Å². The molecule has 0 saturated heterocycles. The number of aromatic nitrogens is 6. The minimum absolute atomic E-state index is 0.248. The van der Waals surface area contributed by atoms with Crippen LogP contribution in [0.3, 0.4) is 0 Å². The Morgan fingerprint density at radius 3 is 2.91 bits per heavy atom. The van der Waals surface area contributed by atoms with E-state index in [4.69, 9.17) is 4.74 Å². The van der Waals surface area contributed by atoms with Crippen LogP contribution in [0.1, 0.15) is 16.8 Å². The van der Waals surface area contributed by atoms with E-state index in [0.29, 0.717) is 31.1 Å². The molecule has 1 aliphatic rings. The highest BCUT2D eigenvalue weighted by Crippen LogP contribution is 2.32. The van der Waals surface area contributed by atoms with Crippen molar-refractivity contribution < 1.29 is 9.13 Å². The van der Waals surface area contributed by atoms with Gasteiger partial charge in [-0.25, -0.2) is 23.9 Å². The molecule has 5 aromatic rings. The summed E-state index contributed by atoms with van der Waals surface area (Å²) in [6.45, 7) is 1.62. The zero-order chi connectivity index (χ0) is 23.2. The fraction of sp³-hybridized carbons (Fsp3) is 0.250. The van der Waals surface area contributed by atoms with E-state index in [1.807, 2.05) is 29.1 Å². The first kappa shape index (κ1) is 20.5. The summed E-state index contributed by atoms with van der Waals surface area (Å²) in [5.41, 5.74) is 5.98. The number of fused-ring (bicyclic) bond motifs is 3. The third-order valence-electron chi connectivity index (χ3n) is 6.09. The summed E-state index contributed by atoms with van der Waals surface area (Å²) >= 11 is 0. The largest absolute Gasteiger partial charge is 0.493 e. The summed E-state index contributed by atoms with van der Waals surface area (Å²) < 4.78 is 23.9. The summed E-state index contributed by atoms with van der Waals surface area (Å²) in [6, 6.07) is 7.24. The van der Waals surface area contributed by atoms with Crippen LogP contribution >= 0.6 is 0 Å². The van der Waals surface area contributed by atoms with Crippen molar-refractivity contribution in [2.75, 3.05) is 26.0 Å². The lowest BCUT2D eigenvalue weighted by Gasteiger charge is -2.15. The van der Waals surface area contributed by atoms with Gasteiger partial charge in [0.2, 0.25) is 5.95 Å². The van der Waals surface area contributed by atoms with Gasteiger partial charge in [-0.3, -0.25) is 4.40 Å². The van der Waals surface area contributed by atoms with Crippen LogP contribution in [0, 0.1) is 5.82 Å². The van der Waals surface area contributed by atoms with Crippen LogP contribution in [-0.2, 0) is 19.5 Å². The molecule has 0 bridgehead atoms. The molecule has 0 amide bonds. The fourth-order valence-corrected chi connectivity index (χ4v) is 4.54. The van der Waals surface area contributed by atoms with Gasteiger partial charge in [-0.15, -0.1) is 0 Å². The number of anilines is 1. The molecule has 4 aromatic heterocycles. The molecule has 1 N–H and O–H groups in total. The Morgan fingerprint density at radius 2 is 2.03 bits per heavy atom. The van der Waals surface area contributed by atoms with Crippen LogP contribution in [-0.4, -0.2) is 54.6 Å². The lowest BCUT2D eigenvalue weighted by Crippen LogP contribution is -2.14. The molecular formula is C24H23FN8O. The highest BCUT2D eigenvalue weighted by molar-refractivity contribution is 5.87. The van der Waals surface area contributed by atoms with Gasteiger partial charge in [0.15, 0.2) is 5.65 Å². The zero-order valence-electron chi connectivity index (χ0n) is 18.9. The van der Waals surface area contributed by atoms with Gasteiger partial charge in [-0.2, -0.15) is 5.10 Å². The highest BCUT2D eigenvalue weighted by atomic mass is 19.1. The Kier molecular flexibility index (Phi) is 4.88. The van der Waals surface area contributed by atoms with E-state index in [2.05, 4.69) is 36.3 Å². The van der Waals surface area contributed by atoms with Crippen molar-refractivity contribution in [1.82, 2.24) is 33.9 Å². The molecular weight excluding hydrogens is 435 g/mol. The van der Waals surface area contributed by atoms with Crippen LogP contribution in [0.5, 0.6) is 5.75 Å². The third kappa shape index (κ3) is 3.34. The summed E-state index contributed by atoms with van der Waals surface area (Å²) in [5.74, 6) is 1.08. The van der Waals surface area contributed by atoms with E-state index in [-0.39, 0.29) is 5.82 Å². The monoisotopic (exact) mass is 458 g/mol. The fourth-order valence-electron chi connectivity index (χ4n) is 4.54. The van der Waals surface area contributed by atoms with E-state index in [9.17, 15) is 4.39 Å². The molecule has 0 spiro atoms. The quantitative estimate of drug-likeness (QED) is 0.418. The van der Waals surface area contributed by atoms with Crippen molar-refractivity contribution in [3.63, 3.8) is 0 Å². The molecule has 34 heavy (non-hydrogen) atoms. The predicted octanol–water partition coefficient (Wildman–Crippen LogP) is 3.19. The second-order valence-electron chi connectivity index (χ2n) is 8.57. The number of hydrogen-bond acceptors (Lipinski definition) is 7. The van der Waals surface area contributed by atoms with Gasteiger partial charge < -0.3 is 15.0 Å². The lowest BCUT2D eigenvalue weighted by molar-refractivity contribution is 0.356. The number of nitrogens with zero attached hydrogens (tertiary/aromatic N) is 7. The first-order valence-electron chi connectivity index (χ1n) is 11.0. The maximum atomic E-state index is 14.6. The molecule has 0 saturated carbocycles. The lowest BCUT2D eigenvalue weighted by atomic mass is 10.0. The number of halogens is 1. The molecule has 1 aliphatic heterocycles. The van der Waals surface area contributed by atoms with Crippen LogP contribution < -0.4 is 10.1 Å². The van der Waals surface area contributed by atoms with Crippen LogP contribution in [0.2, 0.25) is 0 Å². The van der Waals surface area contributed by atoms with E-state index in [1.165, 1.54) is 6.07 Å². The standard InChI is InChI=1S/C24H23FN8O/c1-31(2)12-15-3-4-17(23-29-13-30-33(15)23)19-10-28-24(32-14-26-11-21(19)32)27-9-18-16-7-8-34-22(16)6-5-20(18)25/h3-6,10-11,13-14H,7-9,12H2,1-2H3,(H,27,28). The minimum atomic E-state index is -0.248. The minimum Gasteiger partial charge on any atom is -0.493 e. The molecule has 0 aliphatic carbocycles. The van der Waals surface area contributed by atoms with Crippen molar-refractivity contribution in [1.29, 1.82) is 0 Å². The highest BCUT2D eigenvalue weighted by Gasteiger charge is 2.20. The van der Waals surface area contributed by atoms with Gasteiger partial charge >= 0.3 is 0 Å². The molecule has 0 atom stereocenters. The van der Waals surface area contributed by atoms with Crippen LogP contribution in [0.15, 0.2) is 49.3 Å². The maximum Gasteiger partial charge on any atom is 0.208 e. The van der Waals surface area contributed by atoms with Gasteiger partial charge in [0.1, 0.15) is 24.2 Å². The van der Waals surface area contributed by atoms with Crippen LogP contribution in [0.4, 0.5) is 10.3 Å². The smallest absolute Gasteiger partial charge is 0.208 e. The molecule has 10 heteroatoms. The number of pyridine rings is 1. The van der Waals surface area contributed by atoms with Gasteiger partial charge in [0.25, 0.3) is 0 Å². The van der Waals surface area contributed by atoms with Crippen LogP contribution in [0.25, 0.3) is 22.3 Å². The predicted molar refractivity (Wildman–Crippen MR) is 125 cm³/mol. The number of nitrogens with one attached hydrogen (secondary N) is 1. The van der Waals surface area contributed by atoms with Crippen molar-refractivity contribution in [3.05, 3.63) is 72.0 Å². The Hall–Kier alpha value is -4.05. The molecule has 6 rings (SSSR count). The van der Waals surface area contributed by atoms with E-state index in [0.717, 1.165) is 45.8 Å². The molecule has 0 radical (unpaired) electrons. The Bertz CT molecular complexity index is 1520. The maximum absolute atomic E-state index is 14.6. The summed E-state index contributed by atoms with van der Waals surface area (Å²) in [5, 5.41) is 7.70. The molecule has 1 aromatic carbocycles. The van der Waals surface area contributed by atoms with Crippen molar-refractivity contribution in [2.45, 2.75) is 19.5 Å². The molecule has 5 heterocycles. The van der Waals surface area contributed by atoms with E-state index in [1.54, 1.807) is 31.1 Å². The average Bonchev–Trinajstić information content (AvgIpc) is 3.58. The number of imidazole rings is 1. The second-order valence-corrected chi connectivity index (χ2v) is 8.57. The molecule has 172 valence electrons. The van der Waals surface area contributed by atoms with E-state index >= 15 is 0 Å². The summed E-state index contributed by atoms with van der Waals surface area (Å²) in [4.78, 5) is 15.6. The Labute approximate surface area is 194 Å². The number of ether oxygens (including phenoxy) is 1. The Balaban J connectivity index is 1.37. The normalized spacial score (nSPS) is 13.1. The van der Waals surface area contributed by atoms with Gasteiger partial charge in [-0.1, -0.05) is 0 Å².